The Hall–Kier alpha value is -1.89. The first-order valence-corrected chi connectivity index (χ1v) is 11.5. The first kappa shape index (κ1) is 21.3. The molecule has 4 nitrogen and oxygen atoms in total. The molecule has 156 valence electrons. The van der Waals surface area contributed by atoms with Gasteiger partial charge in [-0.25, -0.2) is 9.38 Å². The van der Waals surface area contributed by atoms with E-state index < -0.39 is 5.66 Å². The van der Waals surface area contributed by atoms with Gasteiger partial charge < -0.3 is 5.32 Å². The van der Waals surface area contributed by atoms with Crippen molar-refractivity contribution >= 4 is 57.3 Å². The Morgan fingerprint density at radius 1 is 1.07 bits per heavy atom. The lowest BCUT2D eigenvalue weighted by Gasteiger charge is -2.27. The molecule has 0 radical (unpaired) electrons. The van der Waals surface area contributed by atoms with Crippen molar-refractivity contribution in [3.63, 3.8) is 0 Å². The Morgan fingerprint density at radius 3 is 2.60 bits per heavy atom. The van der Waals surface area contributed by atoms with Crippen LogP contribution in [0.4, 0.5) is 10.1 Å². The molecule has 1 heterocycles. The molecule has 1 aliphatic carbocycles. The van der Waals surface area contributed by atoms with Crippen molar-refractivity contribution in [2.24, 2.45) is 9.98 Å². The van der Waals surface area contributed by atoms with Gasteiger partial charge in [0.2, 0.25) is 5.91 Å². The van der Waals surface area contributed by atoms with Gasteiger partial charge in [-0.15, -0.1) is 0 Å². The number of hydrogen-bond donors (Lipinski definition) is 1. The van der Waals surface area contributed by atoms with Gasteiger partial charge in [-0.3, -0.25) is 9.79 Å². The van der Waals surface area contributed by atoms with Crippen molar-refractivity contribution in [1.82, 2.24) is 0 Å². The number of thioether (sulfide) groups is 1. The van der Waals surface area contributed by atoms with E-state index in [-0.39, 0.29) is 17.5 Å². The third-order valence-corrected chi connectivity index (χ3v) is 6.83. The molecular weight excluding hydrogens is 444 g/mol. The van der Waals surface area contributed by atoms with Gasteiger partial charge in [0, 0.05) is 11.3 Å². The Morgan fingerprint density at radius 2 is 1.87 bits per heavy atom. The minimum Gasteiger partial charge on any atom is -0.325 e. The van der Waals surface area contributed by atoms with E-state index in [1.165, 1.54) is 30.3 Å². The number of anilines is 1. The Bertz CT molecular complexity index is 1030. The van der Waals surface area contributed by atoms with Crippen LogP contribution in [0.1, 0.15) is 37.7 Å². The van der Waals surface area contributed by atoms with E-state index >= 15 is 0 Å². The maximum atomic E-state index is 13.8. The molecule has 0 bridgehead atoms. The molecule has 4 rings (SSSR count). The molecule has 0 unspecified atom stereocenters. The highest BCUT2D eigenvalue weighted by Crippen LogP contribution is 2.38. The van der Waals surface area contributed by atoms with E-state index in [0.29, 0.717) is 32.1 Å². The number of nitrogens with one attached hydrogen (secondary N) is 1. The second kappa shape index (κ2) is 9.08. The maximum Gasteiger partial charge on any atom is 0.234 e. The molecule has 0 saturated heterocycles. The van der Waals surface area contributed by atoms with E-state index in [2.05, 4.69) is 5.32 Å². The van der Waals surface area contributed by atoms with Crippen LogP contribution in [0.15, 0.2) is 52.4 Å². The Balaban J connectivity index is 1.50. The van der Waals surface area contributed by atoms with Crippen LogP contribution < -0.4 is 5.32 Å². The number of benzene rings is 2. The van der Waals surface area contributed by atoms with Gasteiger partial charge in [-0.2, -0.15) is 0 Å². The fraction of sp³-hybridized carbons (Fsp3) is 0.318. The molecule has 2 aromatic carbocycles. The van der Waals surface area contributed by atoms with Crippen molar-refractivity contribution in [3.05, 3.63) is 63.9 Å². The number of nitrogens with zero attached hydrogens (tertiary/aromatic N) is 2. The number of halogens is 3. The monoisotopic (exact) mass is 463 g/mol. The zero-order valence-corrected chi connectivity index (χ0v) is 18.5. The second-order valence-corrected chi connectivity index (χ2v) is 9.18. The summed E-state index contributed by atoms with van der Waals surface area (Å²) in [7, 11) is 0. The number of rotatable bonds is 4. The second-order valence-electron chi connectivity index (χ2n) is 7.40. The first-order valence-electron chi connectivity index (χ1n) is 9.78. The summed E-state index contributed by atoms with van der Waals surface area (Å²) >= 11 is 13.2. The highest BCUT2D eigenvalue weighted by molar-refractivity contribution is 8.16. The van der Waals surface area contributed by atoms with Crippen LogP contribution in [0.2, 0.25) is 10.0 Å². The largest absolute Gasteiger partial charge is 0.325 e. The van der Waals surface area contributed by atoms with E-state index in [4.69, 9.17) is 33.2 Å². The molecule has 0 aromatic heterocycles. The summed E-state index contributed by atoms with van der Waals surface area (Å²) < 4.78 is 13.8. The Labute approximate surface area is 189 Å². The number of carbonyl (C=O) groups is 1. The van der Waals surface area contributed by atoms with Crippen molar-refractivity contribution in [1.29, 1.82) is 0 Å². The molecule has 8 heteroatoms. The molecule has 1 amide bonds. The fourth-order valence-electron chi connectivity index (χ4n) is 3.69. The highest BCUT2D eigenvalue weighted by atomic mass is 35.5. The van der Waals surface area contributed by atoms with Gasteiger partial charge in [-0.1, -0.05) is 53.5 Å². The molecular formula is C22H20Cl2FN3OS. The third-order valence-electron chi connectivity index (χ3n) is 5.13. The molecule has 2 aliphatic rings. The number of amides is 1. The van der Waals surface area contributed by atoms with Gasteiger partial charge in [0.25, 0.3) is 0 Å². The van der Waals surface area contributed by atoms with E-state index in [9.17, 15) is 9.18 Å². The molecule has 1 fully saturated rings. The molecule has 1 spiro atoms. The molecule has 30 heavy (non-hydrogen) atoms. The van der Waals surface area contributed by atoms with Gasteiger partial charge in [-0.05, 0) is 56.0 Å². The molecule has 1 saturated carbocycles. The average molecular weight is 464 g/mol. The summed E-state index contributed by atoms with van der Waals surface area (Å²) in [6.45, 7) is 0. The van der Waals surface area contributed by atoms with Crippen LogP contribution in [0.5, 0.6) is 0 Å². The summed E-state index contributed by atoms with van der Waals surface area (Å²) in [6, 6.07) is 11.3. The predicted molar refractivity (Wildman–Crippen MR) is 124 cm³/mol. The zero-order valence-electron chi connectivity index (χ0n) is 16.1. The molecule has 0 atom stereocenters. The number of hydrogen-bond acceptors (Lipinski definition) is 4. The quantitative estimate of drug-likeness (QED) is 0.572. The van der Waals surface area contributed by atoms with Crippen LogP contribution in [0.25, 0.3) is 0 Å². The number of aliphatic imine (C=N–C) groups is 2. The lowest BCUT2D eigenvalue weighted by molar-refractivity contribution is -0.113. The minimum atomic E-state index is -0.470. The average Bonchev–Trinajstić information content (AvgIpc) is 3.07. The third kappa shape index (κ3) is 4.88. The fourth-order valence-corrected chi connectivity index (χ4v) is 4.87. The lowest BCUT2D eigenvalue weighted by atomic mass is 9.90. The van der Waals surface area contributed by atoms with Crippen LogP contribution >= 0.6 is 35.0 Å². The summed E-state index contributed by atoms with van der Waals surface area (Å²) in [5, 5.41) is 4.30. The Kier molecular flexibility index (Phi) is 6.46. The van der Waals surface area contributed by atoms with E-state index in [1.54, 1.807) is 24.3 Å². The molecule has 2 aromatic rings. The van der Waals surface area contributed by atoms with Gasteiger partial charge in [0.1, 0.15) is 10.9 Å². The maximum absolute atomic E-state index is 13.8. The normalized spacial score (nSPS) is 17.6. The zero-order chi connectivity index (χ0) is 21.1. The topological polar surface area (TPSA) is 53.8 Å². The molecule has 1 N–H and O–H groups in total. The van der Waals surface area contributed by atoms with Crippen LogP contribution in [-0.2, 0) is 4.79 Å². The van der Waals surface area contributed by atoms with E-state index in [0.717, 1.165) is 25.7 Å². The first-order chi connectivity index (χ1) is 14.4. The summed E-state index contributed by atoms with van der Waals surface area (Å²) in [5.41, 5.74) is 1.46. The van der Waals surface area contributed by atoms with Gasteiger partial charge in [0.15, 0.2) is 5.66 Å². The lowest BCUT2D eigenvalue weighted by Crippen LogP contribution is -2.25. The van der Waals surface area contributed by atoms with Crippen molar-refractivity contribution in [3.8, 4) is 0 Å². The SMILES string of the molecule is O=C(CSC1=NC2(CCCCC2)N=C1c1cccc(F)c1)Nc1ccc(Cl)c(Cl)c1. The minimum absolute atomic E-state index is 0.156. The summed E-state index contributed by atoms with van der Waals surface area (Å²) in [5.74, 6) is -0.352. The summed E-state index contributed by atoms with van der Waals surface area (Å²) in [4.78, 5) is 22.3. The van der Waals surface area contributed by atoms with E-state index in [1.807, 2.05) is 6.07 Å². The number of carbonyl (C=O) groups excluding carboxylic acids is 1. The van der Waals surface area contributed by atoms with Crippen molar-refractivity contribution < 1.29 is 9.18 Å². The van der Waals surface area contributed by atoms with Gasteiger partial charge >= 0.3 is 0 Å². The predicted octanol–water partition coefficient (Wildman–Crippen LogP) is 6.37. The molecule has 1 aliphatic heterocycles. The van der Waals surface area contributed by atoms with Crippen LogP contribution in [-0.4, -0.2) is 28.1 Å². The smallest absolute Gasteiger partial charge is 0.234 e. The highest BCUT2D eigenvalue weighted by Gasteiger charge is 2.37. The van der Waals surface area contributed by atoms with Crippen LogP contribution in [0.3, 0.4) is 0 Å². The van der Waals surface area contributed by atoms with Crippen molar-refractivity contribution in [2.75, 3.05) is 11.1 Å². The van der Waals surface area contributed by atoms with Crippen molar-refractivity contribution in [2.45, 2.75) is 37.8 Å². The van der Waals surface area contributed by atoms with Gasteiger partial charge in [0.05, 0.1) is 21.5 Å². The van der Waals surface area contributed by atoms with Crippen LogP contribution in [0, 0.1) is 5.82 Å². The summed E-state index contributed by atoms with van der Waals surface area (Å²) in [6.07, 6.45) is 5.08. The standard InChI is InChI=1S/C22H20Cl2FN3OS/c23-17-8-7-16(12-18(17)24)26-19(29)13-30-21-20(14-5-4-6-15(25)11-14)27-22(28-21)9-2-1-3-10-22/h4-8,11-12H,1-3,9-10,13H2,(H,26,29).